The summed E-state index contributed by atoms with van der Waals surface area (Å²) < 4.78 is 13.8. The van der Waals surface area contributed by atoms with Crippen molar-refractivity contribution < 1.29 is 9.18 Å². The van der Waals surface area contributed by atoms with Gasteiger partial charge in [0.2, 0.25) is 5.91 Å². The molecule has 0 spiro atoms. The monoisotopic (exact) mass is 257 g/mol. The molecule has 5 heteroatoms. The van der Waals surface area contributed by atoms with Crippen LogP contribution in [0.25, 0.3) is 11.1 Å². The van der Waals surface area contributed by atoms with Crippen molar-refractivity contribution in [1.82, 2.24) is 9.97 Å². The molecular weight excluding hydrogens is 245 g/mol. The fourth-order valence-electron chi connectivity index (χ4n) is 2.41. The van der Waals surface area contributed by atoms with E-state index >= 15 is 0 Å². The van der Waals surface area contributed by atoms with E-state index in [4.69, 9.17) is 5.73 Å². The van der Waals surface area contributed by atoms with Crippen molar-refractivity contribution in [2.24, 2.45) is 5.73 Å². The van der Waals surface area contributed by atoms with Crippen molar-refractivity contribution in [2.45, 2.75) is 19.3 Å². The van der Waals surface area contributed by atoms with Gasteiger partial charge in [0.25, 0.3) is 0 Å². The molecule has 0 fully saturated rings. The Labute approximate surface area is 109 Å². The number of fused-ring (bicyclic) bond motifs is 1. The Balaban J connectivity index is 2.19. The zero-order valence-electron chi connectivity index (χ0n) is 10.2. The van der Waals surface area contributed by atoms with E-state index < -0.39 is 11.7 Å². The Hall–Kier alpha value is -2.30. The predicted molar refractivity (Wildman–Crippen MR) is 67.7 cm³/mol. The number of pyridine rings is 2. The Morgan fingerprint density at radius 1 is 1.32 bits per heavy atom. The number of hydrogen-bond donors (Lipinski definition) is 1. The molecule has 0 bridgehead atoms. The summed E-state index contributed by atoms with van der Waals surface area (Å²) in [7, 11) is 0. The van der Waals surface area contributed by atoms with Gasteiger partial charge in [-0.05, 0) is 30.0 Å². The maximum atomic E-state index is 13.8. The molecule has 0 aromatic carbocycles. The minimum Gasteiger partial charge on any atom is -0.369 e. The van der Waals surface area contributed by atoms with Crippen LogP contribution >= 0.6 is 0 Å². The molecule has 1 aliphatic rings. The normalized spacial score (nSPS) is 12.7. The fraction of sp³-hybridized carbons (Fsp3) is 0.214. The van der Waals surface area contributed by atoms with E-state index in [1.54, 1.807) is 12.3 Å². The van der Waals surface area contributed by atoms with E-state index in [2.05, 4.69) is 9.97 Å². The summed E-state index contributed by atoms with van der Waals surface area (Å²) in [6.45, 7) is 0. The molecule has 2 N–H and O–H groups in total. The van der Waals surface area contributed by atoms with E-state index in [0.29, 0.717) is 11.1 Å². The first kappa shape index (κ1) is 11.8. The summed E-state index contributed by atoms with van der Waals surface area (Å²) >= 11 is 0. The maximum absolute atomic E-state index is 13.8. The highest BCUT2D eigenvalue weighted by Gasteiger charge is 2.23. The van der Waals surface area contributed by atoms with Crippen LogP contribution in [-0.4, -0.2) is 15.9 Å². The first-order valence-corrected chi connectivity index (χ1v) is 6.04. The summed E-state index contributed by atoms with van der Waals surface area (Å²) in [5.41, 5.74) is 9.15. The molecule has 2 aromatic heterocycles. The van der Waals surface area contributed by atoms with Crippen molar-refractivity contribution in [3.63, 3.8) is 0 Å². The quantitative estimate of drug-likeness (QED) is 0.903. The minimum atomic E-state index is -0.422. The summed E-state index contributed by atoms with van der Waals surface area (Å²) in [5, 5.41) is 0. The Morgan fingerprint density at radius 2 is 2.16 bits per heavy atom. The van der Waals surface area contributed by atoms with Crippen molar-refractivity contribution in [2.75, 3.05) is 0 Å². The van der Waals surface area contributed by atoms with Crippen LogP contribution < -0.4 is 5.73 Å². The zero-order chi connectivity index (χ0) is 13.4. The van der Waals surface area contributed by atoms with Gasteiger partial charge in [0.15, 0.2) is 0 Å². The molecule has 4 nitrogen and oxygen atoms in total. The lowest BCUT2D eigenvalue weighted by molar-refractivity contribution is -0.117. The first-order valence-electron chi connectivity index (χ1n) is 6.04. The van der Waals surface area contributed by atoms with Gasteiger partial charge in [-0.3, -0.25) is 14.8 Å². The molecule has 96 valence electrons. The number of halogens is 1. The topological polar surface area (TPSA) is 68.9 Å². The second-order valence-corrected chi connectivity index (χ2v) is 4.57. The second kappa shape index (κ2) is 4.42. The third kappa shape index (κ3) is 1.97. The Morgan fingerprint density at radius 3 is 2.79 bits per heavy atom. The van der Waals surface area contributed by atoms with Gasteiger partial charge in [-0.1, -0.05) is 0 Å². The largest absolute Gasteiger partial charge is 0.369 e. The Bertz CT molecular complexity index is 670. The fourth-order valence-corrected chi connectivity index (χ4v) is 2.41. The maximum Gasteiger partial charge on any atom is 0.221 e. The molecule has 1 aliphatic carbocycles. The van der Waals surface area contributed by atoms with Gasteiger partial charge < -0.3 is 5.73 Å². The highest BCUT2D eigenvalue weighted by Crippen LogP contribution is 2.33. The highest BCUT2D eigenvalue weighted by molar-refractivity contribution is 5.81. The smallest absolute Gasteiger partial charge is 0.221 e. The molecular formula is C14H12FN3O. The van der Waals surface area contributed by atoms with E-state index in [-0.39, 0.29) is 6.42 Å². The number of aromatic nitrogens is 2. The van der Waals surface area contributed by atoms with Crippen LogP contribution in [0, 0.1) is 5.82 Å². The molecule has 3 rings (SSSR count). The molecule has 1 amide bonds. The molecule has 0 saturated heterocycles. The van der Waals surface area contributed by atoms with Gasteiger partial charge in [-0.15, -0.1) is 0 Å². The molecule has 0 radical (unpaired) electrons. The average molecular weight is 257 g/mol. The third-order valence-corrected chi connectivity index (χ3v) is 3.41. The van der Waals surface area contributed by atoms with Gasteiger partial charge in [0.05, 0.1) is 12.6 Å². The number of amides is 1. The van der Waals surface area contributed by atoms with Crippen LogP contribution in [0.4, 0.5) is 4.39 Å². The van der Waals surface area contributed by atoms with E-state index in [1.165, 1.54) is 6.20 Å². The summed E-state index contributed by atoms with van der Waals surface area (Å²) in [5.74, 6) is -0.842. The number of hydrogen-bond acceptors (Lipinski definition) is 3. The van der Waals surface area contributed by atoms with Crippen LogP contribution in [0.3, 0.4) is 0 Å². The third-order valence-electron chi connectivity index (χ3n) is 3.41. The van der Waals surface area contributed by atoms with E-state index in [0.717, 1.165) is 35.9 Å². The highest BCUT2D eigenvalue weighted by atomic mass is 19.1. The van der Waals surface area contributed by atoms with Gasteiger partial charge in [-0.2, -0.15) is 0 Å². The lowest BCUT2D eigenvalue weighted by atomic mass is 9.84. The molecule has 0 saturated carbocycles. The summed E-state index contributed by atoms with van der Waals surface area (Å²) in [4.78, 5) is 19.3. The van der Waals surface area contributed by atoms with Crippen molar-refractivity contribution in [1.29, 1.82) is 0 Å². The number of carbonyl (C=O) groups excluding carboxylic acids is 1. The zero-order valence-corrected chi connectivity index (χ0v) is 10.2. The van der Waals surface area contributed by atoms with Crippen molar-refractivity contribution >= 4 is 5.91 Å². The number of rotatable bonds is 3. The van der Waals surface area contributed by atoms with Gasteiger partial charge >= 0.3 is 0 Å². The number of nitrogens with two attached hydrogens (primary N) is 1. The van der Waals surface area contributed by atoms with Crippen LogP contribution in [-0.2, 0) is 24.1 Å². The second-order valence-electron chi connectivity index (χ2n) is 4.57. The molecule has 2 heterocycles. The summed E-state index contributed by atoms with van der Waals surface area (Å²) in [6.07, 6.45) is 6.18. The number of carbonyl (C=O) groups is 1. The molecule has 0 aliphatic heterocycles. The van der Waals surface area contributed by atoms with Crippen LogP contribution in [0.2, 0.25) is 0 Å². The molecule has 0 unspecified atom stereocenters. The van der Waals surface area contributed by atoms with Crippen LogP contribution in [0.5, 0.6) is 0 Å². The van der Waals surface area contributed by atoms with E-state index in [9.17, 15) is 9.18 Å². The lowest BCUT2D eigenvalue weighted by Gasteiger charge is -2.23. The average Bonchev–Trinajstić information content (AvgIpc) is 2.32. The van der Waals surface area contributed by atoms with Gasteiger partial charge in [0.1, 0.15) is 5.82 Å². The number of primary amides is 1. The number of aryl methyl sites for hydroxylation is 1. The standard InChI is InChI=1S/C14H12FN3O/c15-12-7-17-4-3-8(12)11-6-18-13-2-1-9(13)10(11)5-14(16)19/h3-4,6-7H,1-2,5H2,(H2,16,19). The predicted octanol–water partition coefficient (Wildman–Crippen LogP) is 1.41. The SMILES string of the molecule is NC(=O)Cc1c(-c2ccncc2F)cnc2c1CC2. The number of nitrogens with zero attached hydrogens (tertiary/aromatic N) is 2. The van der Waals surface area contributed by atoms with E-state index in [1.807, 2.05) is 0 Å². The molecule has 19 heavy (non-hydrogen) atoms. The molecule has 2 aromatic rings. The Kier molecular flexibility index (Phi) is 2.74. The van der Waals surface area contributed by atoms with Crippen LogP contribution in [0.15, 0.2) is 24.7 Å². The van der Waals surface area contributed by atoms with Crippen molar-refractivity contribution in [3.8, 4) is 11.1 Å². The van der Waals surface area contributed by atoms with Crippen molar-refractivity contribution in [3.05, 3.63) is 47.3 Å². The molecule has 0 atom stereocenters. The summed E-state index contributed by atoms with van der Waals surface area (Å²) in [6, 6.07) is 1.59. The van der Waals surface area contributed by atoms with Gasteiger partial charge in [-0.25, -0.2) is 4.39 Å². The minimum absolute atomic E-state index is 0.113. The first-order chi connectivity index (χ1) is 9.16. The van der Waals surface area contributed by atoms with Crippen LogP contribution in [0.1, 0.15) is 16.8 Å². The van der Waals surface area contributed by atoms with Gasteiger partial charge in [0, 0.05) is 29.2 Å². The lowest BCUT2D eigenvalue weighted by Crippen LogP contribution is -2.21.